The predicted octanol–water partition coefficient (Wildman–Crippen LogP) is 4.26. The van der Waals surface area contributed by atoms with Crippen LogP contribution < -0.4 is 15.4 Å². The van der Waals surface area contributed by atoms with E-state index in [1.54, 1.807) is 25.5 Å². The van der Waals surface area contributed by atoms with Gasteiger partial charge >= 0.3 is 0 Å². The van der Waals surface area contributed by atoms with Crippen LogP contribution in [-0.4, -0.2) is 39.9 Å². The van der Waals surface area contributed by atoms with E-state index < -0.39 is 0 Å². The summed E-state index contributed by atoms with van der Waals surface area (Å²) in [7, 11) is 3.43. The summed E-state index contributed by atoms with van der Waals surface area (Å²) in [5.41, 5.74) is 2.25. The van der Waals surface area contributed by atoms with Crippen LogP contribution in [-0.2, 0) is 17.7 Å². The zero-order valence-electron chi connectivity index (χ0n) is 15.9. The second kappa shape index (κ2) is 13.2. The molecule has 0 unspecified atom stereocenters. The van der Waals surface area contributed by atoms with Gasteiger partial charge in [-0.15, -0.1) is 35.3 Å². The summed E-state index contributed by atoms with van der Waals surface area (Å²) in [6, 6.07) is 10.2. The molecule has 2 rings (SSSR count). The third kappa shape index (κ3) is 8.68. The lowest BCUT2D eigenvalue weighted by Gasteiger charge is -2.15. The Morgan fingerprint density at radius 3 is 2.67 bits per heavy atom. The third-order valence-electron chi connectivity index (χ3n) is 3.73. The summed E-state index contributed by atoms with van der Waals surface area (Å²) in [4.78, 5) is 5.53. The van der Waals surface area contributed by atoms with Crippen molar-refractivity contribution in [1.29, 1.82) is 0 Å². The molecule has 150 valence electrons. The van der Waals surface area contributed by atoms with E-state index in [1.165, 1.54) is 10.4 Å². The lowest BCUT2D eigenvalue weighted by molar-refractivity contribution is 0.145. The Labute approximate surface area is 187 Å². The predicted molar refractivity (Wildman–Crippen MR) is 125 cm³/mol. The normalized spacial score (nSPS) is 11.0. The van der Waals surface area contributed by atoms with Crippen molar-refractivity contribution in [3.8, 4) is 5.75 Å². The molecule has 0 saturated heterocycles. The van der Waals surface area contributed by atoms with E-state index in [0.717, 1.165) is 34.6 Å². The fraction of sp³-hybridized carbons (Fsp3) is 0.421. The van der Waals surface area contributed by atoms with Gasteiger partial charge < -0.3 is 20.1 Å². The Bertz CT molecular complexity index is 725. The van der Waals surface area contributed by atoms with Gasteiger partial charge in [0.25, 0.3) is 0 Å². The van der Waals surface area contributed by atoms with Crippen LogP contribution in [0.15, 0.2) is 35.3 Å². The van der Waals surface area contributed by atoms with Crippen molar-refractivity contribution in [2.24, 2.45) is 4.99 Å². The number of hydrogen-bond acceptors (Lipinski definition) is 4. The van der Waals surface area contributed by atoms with E-state index in [9.17, 15) is 0 Å². The molecule has 0 aliphatic heterocycles. The molecule has 0 aliphatic rings. The van der Waals surface area contributed by atoms with E-state index in [2.05, 4.69) is 40.7 Å². The zero-order valence-corrected chi connectivity index (χ0v) is 19.8. The van der Waals surface area contributed by atoms with Gasteiger partial charge in [-0.1, -0.05) is 23.7 Å². The number of ether oxygens (including phenoxy) is 2. The summed E-state index contributed by atoms with van der Waals surface area (Å²) in [6.07, 6.45) is 0.911. The highest BCUT2D eigenvalue weighted by Gasteiger charge is 2.06. The molecule has 0 atom stereocenters. The van der Waals surface area contributed by atoms with Gasteiger partial charge in [-0.05, 0) is 37.1 Å². The number of guanidine groups is 1. The SMILES string of the molecule is CN=C(NCCc1ccc(Cl)s1)NCc1ccc(C)cc1OCCOC.I. The average molecular weight is 524 g/mol. The molecule has 0 bridgehead atoms. The fourth-order valence-electron chi connectivity index (χ4n) is 2.37. The van der Waals surface area contributed by atoms with Gasteiger partial charge in [-0.25, -0.2) is 0 Å². The number of hydrogen-bond donors (Lipinski definition) is 2. The lowest BCUT2D eigenvalue weighted by atomic mass is 10.1. The van der Waals surface area contributed by atoms with Crippen molar-refractivity contribution in [2.45, 2.75) is 19.9 Å². The molecular formula is C19H27ClIN3O2S. The van der Waals surface area contributed by atoms with Crippen LogP contribution in [0.2, 0.25) is 4.34 Å². The first kappa shape index (κ1) is 24.0. The standard InChI is InChI=1S/C19H26ClN3O2S.HI/c1-14-4-5-15(17(12-14)25-11-10-24-3)13-23-19(21-2)22-9-8-16-6-7-18(20)26-16;/h4-7,12H,8-11,13H2,1-3H3,(H2,21,22,23);1H. The van der Waals surface area contributed by atoms with Crippen LogP contribution in [0, 0.1) is 6.92 Å². The molecule has 0 radical (unpaired) electrons. The highest BCUT2D eigenvalue weighted by Crippen LogP contribution is 2.21. The summed E-state index contributed by atoms with van der Waals surface area (Å²) >= 11 is 7.57. The summed E-state index contributed by atoms with van der Waals surface area (Å²) in [5, 5.41) is 6.65. The largest absolute Gasteiger partial charge is 0.491 e. The zero-order chi connectivity index (χ0) is 18.8. The van der Waals surface area contributed by atoms with Crippen LogP contribution in [0.3, 0.4) is 0 Å². The molecule has 0 amide bonds. The van der Waals surface area contributed by atoms with E-state index in [-0.39, 0.29) is 24.0 Å². The van der Waals surface area contributed by atoms with Gasteiger partial charge in [0, 0.05) is 37.7 Å². The Morgan fingerprint density at radius 1 is 1.19 bits per heavy atom. The first-order valence-corrected chi connectivity index (χ1v) is 9.72. The van der Waals surface area contributed by atoms with Gasteiger partial charge in [0.05, 0.1) is 10.9 Å². The molecule has 27 heavy (non-hydrogen) atoms. The number of rotatable bonds is 9. The maximum Gasteiger partial charge on any atom is 0.191 e. The van der Waals surface area contributed by atoms with Gasteiger partial charge in [-0.3, -0.25) is 4.99 Å². The number of nitrogens with zero attached hydrogens (tertiary/aromatic N) is 1. The molecule has 0 fully saturated rings. The van der Waals surface area contributed by atoms with Gasteiger partial charge in [-0.2, -0.15) is 0 Å². The Kier molecular flexibility index (Phi) is 11.7. The maximum absolute atomic E-state index is 5.96. The Balaban J connectivity index is 0.00000364. The minimum atomic E-state index is 0. The van der Waals surface area contributed by atoms with Crippen molar-refractivity contribution in [2.75, 3.05) is 33.9 Å². The van der Waals surface area contributed by atoms with Crippen LogP contribution in [0.25, 0.3) is 0 Å². The minimum Gasteiger partial charge on any atom is -0.491 e. The molecule has 2 N–H and O–H groups in total. The third-order valence-corrected chi connectivity index (χ3v) is 5.02. The Morgan fingerprint density at radius 2 is 2.00 bits per heavy atom. The molecule has 1 aromatic heterocycles. The number of halogens is 2. The Hall–Kier alpha value is -1.03. The van der Waals surface area contributed by atoms with E-state index in [1.807, 2.05) is 12.1 Å². The highest BCUT2D eigenvalue weighted by atomic mass is 127. The molecule has 2 aromatic rings. The molecule has 0 aliphatic carbocycles. The van der Waals surface area contributed by atoms with Crippen LogP contribution in [0.4, 0.5) is 0 Å². The summed E-state index contributed by atoms with van der Waals surface area (Å²) in [6.45, 7) is 4.58. The van der Waals surface area contributed by atoms with E-state index >= 15 is 0 Å². The quantitative estimate of drug-likeness (QED) is 0.223. The van der Waals surface area contributed by atoms with Crippen molar-refractivity contribution in [3.63, 3.8) is 0 Å². The smallest absolute Gasteiger partial charge is 0.191 e. The van der Waals surface area contributed by atoms with Crippen molar-refractivity contribution < 1.29 is 9.47 Å². The minimum absolute atomic E-state index is 0. The molecule has 8 heteroatoms. The number of nitrogens with one attached hydrogen (secondary N) is 2. The van der Waals surface area contributed by atoms with Crippen molar-refractivity contribution >= 4 is 52.9 Å². The average Bonchev–Trinajstić information content (AvgIpc) is 3.04. The molecule has 1 heterocycles. The van der Waals surface area contributed by atoms with Gasteiger partial charge in [0.1, 0.15) is 12.4 Å². The highest BCUT2D eigenvalue weighted by molar-refractivity contribution is 14.0. The first-order valence-electron chi connectivity index (χ1n) is 8.52. The monoisotopic (exact) mass is 523 g/mol. The molecular weight excluding hydrogens is 497 g/mol. The first-order chi connectivity index (χ1) is 12.6. The van der Waals surface area contributed by atoms with Gasteiger partial charge in [0.2, 0.25) is 0 Å². The van der Waals surface area contributed by atoms with Crippen LogP contribution >= 0.6 is 46.9 Å². The second-order valence-electron chi connectivity index (χ2n) is 5.76. The molecule has 1 aromatic carbocycles. The van der Waals surface area contributed by atoms with Crippen molar-refractivity contribution in [3.05, 3.63) is 50.7 Å². The molecule has 0 saturated carbocycles. The topological polar surface area (TPSA) is 54.9 Å². The van der Waals surface area contributed by atoms with E-state index in [4.69, 9.17) is 21.1 Å². The van der Waals surface area contributed by atoms with Crippen molar-refractivity contribution in [1.82, 2.24) is 10.6 Å². The van der Waals surface area contributed by atoms with Gasteiger partial charge in [0.15, 0.2) is 5.96 Å². The van der Waals surface area contributed by atoms with Crippen LogP contribution in [0.1, 0.15) is 16.0 Å². The number of aryl methyl sites for hydroxylation is 1. The fourth-order valence-corrected chi connectivity index (χ4v) is 3.45. The summed E-state index contributed by atoms with van der Waals surface area (Å²) in [5.74, 6) is 1.63. The number of aliphatic imine (C=N–C) groups is 1. The number of benzene rings is 1. The molecule has 0 spiro atoms. The maximum atomic E-state index is 5.96. The summed E-state index contributed by atoms with van der Waals surface area (Å²) < 4.78 is 11.7. The number of thiophene rings is 1. The van der Waals surface area contributed by atoms with E-state index in [0.29, 0.717) is 19.8 Å². The van der Waals surface area contributed by atoms with Crippen LogP contribution in [0.5, 0.6) is 5.75 Å². The molecule has 5 nitrogen and oxygen atoms in total. The lowest BCUT2D eigenvalue weighted by Crippen LogP contribution is -2.37. The second-order valence-corrected chi connectivity index (χ2v) is 7.56. The number of methoxy groups -OCH3 is 1.